The minimum Gasteiger partial charge on any atom is -0.464 e. The summed E-state index contributed by atoms with van der Waals surface area (Å²) in [6.07, 6.45) is 2.75. The standard InChI is InChI=1S/C24H21NO2/c1-17-11-12-21-20(16-27-23(21)13-17)15-24(26)25-22-10-6-5-9-19(22)14-18-7-3-2-4-8-18/h2-13,16H,14-15H2,1H3,(H,25,26). The molecule has 4 rings (SSSR count). The van der Waals surface area contributed by atoms with Gasteiger partial charge in [-0.05, 0) is 42.2 Å². The average molecular weight is 355 g/mol. The second-order valence-corrected chi connectivity index (χ2v) is 6.81. The Morgan fingerprint density at radius 1 is 0.926 bits per heavy atom. The molecule has 0 saturated heterocycles. The summed E-state index contributed by atoms with van der Waals surface area (Å²) in [5, 5.41) is 4.06. The highest BCUT2D eigenvalue weighted by molar-refractivity contribution is 5.96. The molecule has 1 heterocycles. The Balaban J connectivity index is 1.51. The van der Waals surface area contributed by atoms with Crippen LogP contribution in [0.5, 0.6) is 0 Å². The number of benzene rings is 3. The lowest BCUT2D eigenvalue weighted by molar-refractivity contribution is -0.115. The first-order chi connectivity index (χ1) is 13.2. The van der Waals surface area contributed by atoms with Gasteiger partial charge in [0.05, 0.1) is 12.7 Å². The van der Waals surface area contributed by atoms with Crippen LogP contribution in [0, 0.1) is 6.92 Å². The van der Waals surface area contributed by atoms with Gasteiger partial charge in [-0.15, -0.1) is 0 Å². The van der Waals surface area contributed by atoms with E-state index in [1.807, 2.05) is 61.5 Å². The van der Waals surface area contributed by atoms with Gasteiger partial charge in [-0.2, -0.15) is 0 Å². The molecule has 3 heteroatoms. The van der Waals surface area contributed by atoms with E-state index in [4.69, 9.17) is 4.42 Å². The lowest BCUT2D eigenvalue weighted by Crippen LogP contribution is -2.15. The highest BCUT2D eigenvalue weighted by Crippen LogP contribution is 2.24. The molecule has 0 atom stereocenters. The highest BCUT2D eigenvalue weighted by Gasteiger charge is 2.12. The molecule has 0 spiro atoms. The lowest BCUT2D eigenvalue weighted by Gasteiger charge is -2.11. The number of hydrogen-bond acceptors (Lipinski definition) is 2. The topological polar surface area (TPSA) is 42.2 Å². The van der Waals surface area contributed by atoms with Crippen LogP contribution in [0.4, 0.5) is 5.69 Å². The zero-order valence-corrected chi connectivity index (χ0v) is 15.2. The van der Waals surface area contributed by atoms with Crippen LogP contribution in [0.2, 0.25) is 0 Å². The molecule has 0 radical (unpaired) electrons. The summed E-state index contributed by atoms with van der Waals surface area (Å²) in [4.78, 5) is 12.6. The van der Waals surface area contributed by atoms with Crippen molar-refractivity contribution in [2.45, 2.75) is 19.8 Å². The van der Waals surface area contributed by atoms with Crippen LogP contribution in [-0.2, 0) is 17.6 Å². The minimum atomic E-state index is -0.0428. The summed E-state index contributed by atoms with van der Waals surface area (Å²) in [5.41, 5.74) is 6.04. The fraction of sp³-hybridized carbons (Fsp3) is 0.125. The van der Waals surface area contributed by atoms with E-state index in [2.05, 4.69) is 23.5 Å². The van der Waals surface area contributed by atoms with Crippen LogP contribution in [0.25, 0.3) is 11.0 Å². The molecule has 134 valence electrons. The first kappa shape index (κ1) is 17.1. The van der Waals surface area contributed by atoms with Crippen molar-refractivity contribution in [2.24, 2.45) is 0 Å². The number of carbonyl (C=O) groups is 1. The van der Waals surface area contributed by atoms with Crippen LogP contribution in [-0.4, -0.2) is 5.91 Å². The van der Waals surface area contributed by atoms with Crippen molar-refractivity contribution in [1.29, 1.82) is 0 Å². The molecule has 3 nitrogen and oxygen atoms in total. The molecule has 1 N–H and O–H groups in total. The van der Waals surface area contributed by atoms with Crippen molar-refractivity contribution in [3.8, 4) is 0 Å². The number of carbonyl (C=O) groups excluding carboxylic acids is 1. The van der Waals surface area contributed by atoms with Gasteiger partial charge in [0.25, 0.3) is 0 Å². The van der Waals surface area contributed by atoms with Crippen molar-refractivity contribution in [1.82, 2.24) is 0 Å². The van der Waals surface area contributed by atoms with Gasteiger partial charge in [0.1, 0.15) is 5.58 Å². The molecular formula is C24H21NO2. The molecule has 1 aromatic heterocycles. The van der Waals surface area contributed by atoms with Gasteiger partial charge in [-0.25, -0.2) is 0 Å². The van der Waals surface area contributed by atoms with E-state index < -0.39 is 0 Å². The van der Waals surface area contributed by atoms with Crippen molar-refractivity contribution >= 4 is 22.6 Å². The van der Waals surface area contributed by atoms with Crippen molar-refractivity contribution in [3.63, 3.8) is 0 Å². The predicted octanol–water partition coefficient (Wildman–Crippen LogP) is 5.51. The predicted molar refractivity (Wildman–Crippen MR) is 109 cm³/mol. The third-order valence-corrected chi connectivity index (χ3v) is 4.69. The van der Waals surface area contributed by atoms with Gasteiger partial charge < -0.3 is 9.73 Å². The molecule has 0 unspecified atom stereocenters. The zero-order valence-electron chi connectivity index (χ0n) is 15.2. The van der Waals surface area contributed by atoms with Gasteiger partial charge >= 0.3 is 0 Å². The second-order valence-electron chi connectivity index (χ2n) is 6.81. The largest absolute Gasteiger partial charge is 0.464 e. The quantitative estimate of drug-likeness (QED) is 0.513. The molecule has 0 bridgehead atoms. The van der Waals surface area contributed by atoms with E-state index in [1.165, 1.54) is 5.56 Å². The summed E-state index contributed by atoms with van der Waals surface area (Å²) in [6.45, 7) is 2.03. The maximum Gasteiger partial charge on any atom is 0.228 e. The second kappa shape index (κ2) is 7.50. The van der Waals surface area contributed by atoms with Gasteiger partial charge in [-0.1, -0.05) is 60.7 Å². The SMILES string of the molecule is Cc1ccc2c(CC(=O)Nc3ccccc3Cc3ccccc3)coc2c1. The Kier molecular flexibility index (Phi) is 4.75. The van der Waals surface area contributed by atoms with E-state index in [-0.39, 0.29) is 12.3 Å². The number of hydrogen-bond donors (Lipinski definition) is 1. The molecule has 0 aliphatic carbocycles. The van der Waals surface area contributed by atoms with E-state index in [0.29, 0.717) is 0 Å². The number of aryl methyl sites for hydroxylation is 1. The van der Waals surface area contributed by atoms with Crippen molar-refractivity contribution < 1.29 is 9.21 Å². The molecule has 3 aromatic carbocycles. The lowest BCUT2D eigenvalue weighted by atomic mass is 10.0. The molecule has 0 aliphatic heterocycles. The molecular weight excluding hydrogens is 334 g/mol. The van der Waals surface area contributed by atoms with Crippen LogP contribution >= 0.6 is 0 Å². The summed E-state index contributed by atoms with van der Waals surface area (Å²) in [7, 11) is 0. The van der Waals surface area contributed by atoms with Gasteiger partial charge in [0.15, 0.2) is 0 Å². The molecule has 0 fully saturated rings. The Labute approximate surface area is 158 Å². The number of fused-ring (bicyclic) bond motifs is 1. The number of amides is 1. The third-order valence-electron chi connectivity index (χ3n) is 4.69. The Morgan fingerprint density at radius 2 is 1.70 bits per heavy atom. The first-order valence-electron chi connectivity index (χ1n) is 9.07. The average Bonchev–Trinajstić information content (AvgIpc) is 3.06. The fourth-order valence-corrected chi connectivity index (χ4v) is 3.31. The first-order valence-corrected chi connectivity index (χ1v) is 9.07. The van der Waals surface area contributed by atoms with Crippen molar-refractivity contribution in [3.05, 3.63) is 101 Å². The van der Waals surface area contributed by atoms with E-state index in [9.17, 15) is 4.79 Å². The van der Waals surface area contributed by atoms with Crippen LogP contribution < -0.4 is 5.32 Å². The molecule has 4 aromatic rings. The number of furan rings is 1. The third kappa shape index (κ3) is 3.93. The van der Waals surface area contributed by atoms with Crippen LogP contribution in [0.1, 0.15) is 22.3 Å². The van der Waals surface area contributed by atoms with Gasteiger partial charge in [0.2, 0.25) is 5.91 Å². The molecule has 0 saturated carbocycles. The molecule has 0 aliphatic rings. The van der Waals surface area contributed by atoms with Crippen molar-refractivity contribution in [2.75, 3.05) is 5.32 Å². The van der Waals surface area contributed by atoms with Crippen LogP contribution in [0.3, 0.4) is 0 Å². The molecule has 27 heavy (non-hydrogen) atoms. The number of para-hydroxylation sites is 1. The number of nitrogens with one attached hydrogen (secondary N) is 1. The summed E-state index contributed by atoms with van der Waals surface area (Å²) >= 11 is 0. The number of rotatable bonds is 5. The Bertz CT molecular complexity index is 1080. The molecule has 1 amide bonds. The minimum absolute atomic E-state index is 0.0428. The highest BCUT2D eigenvalue weighted by atomic mass is 16.3. The van der Waals surface area contributed by atoms with E-state index in [0.717, 1.165) is 39.8 Å². The van der Waals surface area contributed by atoms with Gasteiger partial charge in [0, 0.05) is 16.6 Å². The summed E-state index contributed by atoms with van der Waals surface area (Å²) in [6, 6.07) is 24.3. The number of anilines is 1. The monoisotopic (exact) mass is 355 g/mol. The summed E-state index contributed by atoms with van der Waals surface area (Å²) in [5.74, 6) is -0.0428. The Morgan fingerprint density at radius 3 is 2.56 bits per heavy atom. The zero-order chi connectivity index (χ0) is 18.6. The normalized spacial score (nSPS) is 10.9. The smallest absolute Gasteiger partial charge is 0.228 e. The van der Waals surface area contributed by atoms with Crippen LogP contribution in [0.15, 0.2) is 83.5 Å². The summed E-state index contributed by atoms with van der Waals surface area (Å²) < 4.78 is 5.60. The maximum absolute atomic E-state index is 12.6. The van der Waals surface area contributed by atoms with Gasteiger partial charge in [-0.3, -0.25) is 4.79 Å². The maximum atomic E-state index is 12.6. The Hall–Kier alpha value is -3.33. The van der Waals surface area contributed by atoms with E-state index in [1.54, 1.807) is 6.26 Å². The van der Waals surface area contributed by atoms with E-state index >= 15 is 0 Å². The fourth-order valence-electron chi connectivity index (χ4n) is 3.31.